The van der Waals surface area contributed by atoms with Crippen LogP contribution in [0.2, 0.25) is 10.0 Å². The minimum absolute atomic E-state index is 0.619. The first-order valence-electron chi connectivity index (χ1n) is 10.6. The first-order valence-corrected chi connectivity index (χ1v) is 11.7. The largest absolute Gasteiger partial charge is 0.494 e. The molecule has 4 rings (SSSR count). The fourth-order valence-corrected chi connectivity index (χ4v) is 4.64. The maximum absolute atomic E-state index is 6.37. The molecule has 0 unspecified atom stereocenters. The molecule has 2 aliphatic heterocycles. The van der Waals surface area contributed by atoms with Crippen molar-refractivity contribution < 1.29 is 4.74 Å². The van der Waals surface area contributed by atoms with Crippen molar-refractivity contribution >= 4 is 51.8 Å². The van der Waals surface area contributed by atoms with E-state index in [4.69, 9.17) is 40.2 Å². The van der Waals surface area contributed by atoms with Crippen molar-refractivity contribution in [2.75, 3.05) is 49.5 Å². The molecular weight excluding hydrogens is 437 g/mol. The molecule has 0 radical (unpaired) electrons. The lowest BCUT2D eigenvalue weighted by Crippen LogP contribution is -2.46. The van der Waals surface area contributed by atoms with Gasteiger partial charge < -0.3 is 15.0 Å². The van der Waals surface area contributed by atoms with Crippen LogP contribution in [-0.2, 0) is 6.42 Å². The zero-order valence-electron chi connectivity index (χ0n) is 17.0. The second kappa shape index (κ2) is 10.2. The van der Waals surface area contributed by atoms with Gasteiger partial charge in [-0.25, -0.2) is 0 Å². The third-order valence-corrected chi connectivity index (χ3v) is 6.87. The highest BCUT2D eigenvalue weighted by Crippen LogP contribution is 2.33. The average molecular weight is 464 g/mol. The van der Waals surface area contributed by atoms with E-state index in [1.165, 1.54) is 5.56 Å². The van der Waals surface area contributed by atoms with Crippen LogP contribution in [0.5, 0.6) is 5.75 Å². The predicted octanol–water partition coefficient (Wildman–Crippen LogP) is 5.66. The maximum Gasteiger partial charge on any atom is 0.121 e. The number of hydrogen-bond acceptors (Lipinski definition) is 4. The number of nitrogens with zero attached hydrogens (tertiary/aromatic N) is 2. The Morgan fingerprint density at radius 2 is 1.83 bits per heavy atom. The minimum atomic E-state index is 0.619. The molecule has 2 aromatic rings. The molecule has 0 spiro atoms. The van der Waals surface area contributed by atoms with E-state index < -0.39 is 0 Å². The van der Waals surface area contributed by atoms with Gasteiger partial charge in [0.05, 0.1) is 27.3 Å². The summed E-state index contributed by atoms with van der Waals surface area (Å²) in [7, 11) is 0. The summed E-state index contributed by atoms with van der Waals surface area (Å²) in [6, 6.07) is 12.1. The topological polar surface area (TPSA) is 27.7 Å². The lowest BCUT2D eigenvalue weighted by atomic mass is 10.0. The average Bonchev–Trinajstić information content (AvgIpc) is 2.76. The normalized spacial score (nSPS) is 16.9. The van der Waals surface area contributed by atoms with Crippen molar-refractivity contribution in [3.05, 3.63) is 52.0 Å². The van der Waals surface area contributed by atoms with Gasteiger partial charge in [0.15, 0.2) is 0 Å². The number of rotatable bonds is 7. The molecule has 2 aromatic carbocycles. The molecule has 30 heavy (non-hydrogen) atoms. The van der Waals surface area contributed by atoms with E-state index in [0.29, 0.717) is 10.0 Å². The summed E-state index contributed by atoms with van der Waals surface area (Å²) in [5.41, 5.74) is 3.45. The van der Waals surface area contributed by atoms with Crippen LogP contribution >= 0.6 is 35.4 Å². The van der Waals surface area contributed by atoms with Gasteiger partial charge in [-0.1, -0.05) is 47.6 Å². The molecule has 1 saturated heterocycles. The highest BCUT2D eigenvalue weighted by molar-refractivity contribution is 7.80. The van der Waals surface area contributed by atoms with E-state index in [1.54, 1.807) is 0 Å². The fourth-order valence-electron chi connectivity index (χ4n) is 4.02. The van der Waals surface area contributed by atoms with E-state index in [9.17, 15) is 0 Å². The number of ether oxygens (including phenoxy) is 1. The summed E-state index contributed by atoms with van der Waals surface area (Å²) < 4.78 is 5.96. The van der Waals surface area contributed by atoms with Gasteiger partial charge in [0.2, 0.25) is 0 Å². The van der Waals surface area contributed by atoms with E-state index in [-0.39, 0.29) is 0 Å². The number of unbranched alkanes of at least 4 members (excludes halogenated alkanes) is 1. The summed E-state index contributed by atoms with van der Waals surface area (Å²) >= 11 is 17.8. The number of anilines is 2. The smallest absolute Gasteiger partial charge is 0.121 e. The zero-order valence-corrected chi connectivity index (χ0v) is 19.3. The Labute approximate surface area is 194 Å². The number of fused-ring (bicyclic) bond motifs is 1. The molecule has 2 heterocycles. The standard InChI is InChI=1S/C23H27Cl2N3OS/c24-19-4-3-5-21(23(19)25)28-13-11-27(12-14-28)10-1-2-15-29-18-8-6-17-7-9-22(30)26-20(17)16-18/h3-6,8,16H,1-2,7,9-15H2,(H,26,30). The summed E-state index contributed by atoms with van der Waals surface area (Å²) in [5, 5.41) is 4.57. The van der Waals surface area contributed by atoms with Crippen molar-refractivity contribution in [2.24, 2.45) is 0 Å². The lowest BCUT2D eigenvalue weighted by molar-refractivity contribution is 0.238. The second-order valence-electron chi connectivity index (χ2n) is 7.82. The van der Waals surface area contributed by atoms with Crippen LogP contribution in [0.15, 0.2) is 36.4 Å². The quantitative estimate of drug-likeness (QED) is 0.422. The zero-order chi connectivity index (χ0) is 20.9. The van der Waals surface area contributed by atoms with Gasteiger partial charge in [0.25, 0.3) is 0 Å². The third kappa shape index (κ3) is 5.38. The molecule has 0 amide bonds. The van der Waals surface area contributed by atoms with Crippen LogP contribution in [0.1, 0.15) is 24.8 Å². The Hall–Kier alpha value is -1.53. The van der Waals surface area contributed by atoms with Crippen molar-refractivity contribution in [3.8, 4) is 5.75 Å². The molecular formula is C23H27Cl2N3OS. The Kier molecular flexibility index (Phi) is 7.37. The Morgan fingerprint density at radius 3 is 2.67 bits per heavy atom. The van der Waals surface area contributed by atoms with Crippen LogP contribution in [0.25, 0.3) is 0 Å². The molecule has 2 aliphatic rings. The first-order chi connectivity index (χ1) is 14.6. The van der Waals surface area contributed by atoms with E-state index in [0.717, 1.165) is 87.1 Å². The summed E-state index contributed by atoms with van der Waals surface area (Å²) in [6.07, 6.45) is 4.12. The molecule has 4 nitrogen and oxygen atoms in total. The number of thiocarbonyl (C=S) groups is 1. The molecule has 0 aliphatic carbocycles. The molecule has 160 valence electrons. The van der Waals surface area contributed by atoms with Crippen molar-refractivity contribution in [3.63, 3.8) is 0 Å². The summed E-state index contributed by atoms with van der Waals surface area (Å²) in [5.74, 6) is 0.915. The molecule has 0 saturated carbocycles. The number of benzene rings is 2. The van der Waals surface area contributed by atoms with Gasteiger partial charge in [-0.15, -0.1) is 0 Å². The molecule has 1 N–H and O–H groups in total. The van der Waals surface area contributed by atoms with Gasteiger partial charge in [0, 0.05) is 44.4 Å². The minimum Gasteiger partial charge on any atom is -0.494 e. The molecule has 7 heteroatoms. The highest BCUT2D eigenvalue weighted by atomic mass is 35.5. The van der Waals surface area contributed by atoms with Crippen LogP contribution in [-0.4, -0.2) is 49.2 Å². The Bertz CT molecular complexity index is 900. The first kappa shape index (κ1) is 21.7. The second-order valence-corrected chi connectivity index (χ2v) is 9.10. The summed E-state index contributed by atoms with van der Waals surface area (Å²) in [6.45, 7) is 5.86. The van der Waals surface area contributed by atoms with Gasteiger partial charge >= 0.3 is 0 Å². The van der Waals surface area contributed by atoms with E-state index in [1.807, 2.05) is 18.2 Å². The molecule has 0 aromatic heterocycles. The van der Waals surface area contributed by atoms with Crippen LogP contribution in [0.4, 0.5) is 11.4 Å². The van der Waals surface area contributed by atoms with Crippen molar-refractivity contribution in [2.45, 2.75) is 25.7 Å². The van der Waals surface area contributed by atoms with Crippen molar-refractivity contribution in [1.82, 2.24) is 4.90 Å². The highest BCUT2D eigenvalue weighted by Gasteiger charge is 2.19. The number of piperazine rings is 1. The van der Waals surface area contributed by atoms with Crippen LogP contribution < -0.4 is 15.0 Å². The SMILES string of the molecule is S=C1CCc2ccc(OCCCCN3CCN(c4cccc(Cl)c4Cl)CC3)cc2N1. The van der Waals surface area contributed by atoms with Crippen LogP contribution in [0, 0.1) is 0 Å². The summed E-state index contributed by atoms with van der Waals surface area (Å²) in [4.78, 5) is 5.75. The molecule has 0 atom stereocenters. The molecule has 0 bridgehead atoms. The molecule has 1 fully saturated rings. The predicted molar refractivity (Wildman–Crippen MR) is 131 cm³/mol. The number of halogens is 2. The monoisotopic (exact) mass is 463 g/mol. The number of aryl methyl sites for hydroxylation is 1. The van der Waals surface area contributed by atoms with Crippen molar-refractivity contribution in [1.29, 1.82) is 0 Å². The third-order valence-electron chi connectivity index (χ3n) is 5.76. The van der Waals surface area contributed by atoms with Gasteiger partial charge in [-0.05, 0) is 49.6 Å². The van der Waals surface area contributed by atoms with Crippen LogP contribution in [0.3, 0.4) is 0 Å². The Morgan fingerprint density at radius 1 is 1.00 bits per heavy atom. The van der Waals surface area contributed by atoms with Gasteiger partial charge in [-0.3, -0.25) is 4.90 Å². The van der Waals surface area contributed by atoms with E-state index in [2.05, 4.69) is 33.3 Å². The fraction of sp³-hybridized carbons (Fsp3) is 0.435. The van der Waals surface area contributed by atoms with Gasteiger partial charge in [-0.2, -0.15) is 0 Å². The number of hydrogen-bond donors (Lipinski definition) is 1. The van der Waals surface area contributed by atoms with E-state index >= 15 is 0 Å². The van der Waals surface area contributed by atoms with Gasteiger partial charge in [0.1, 0.15) is 5.75 Å². The maximum atomic E-state index is 6.37. The lowest BCUT2D eigenvalue weighted by Gasteiger charge is -2.36. The number of nitrogens with one attached hydrogen (secondary N) is 1. The Balaban J connectivity index is 1.15.